The standard InChI is InChI=1S/C13H16Cl2O3S/c1-9(2)5-6-19(17,18)8-13(16)11-7-10(14)3-4-12(11)15/h3-4,7,9H,5-6,8H2,1-2H3. The van der Waals surface area contributed by atoms with Crippen molar-refractivity contribution >= 4 is 38.8 Å². The zero-order chi connectivity index (χ0) is 14.6. The summed E-state index contributed by atoms with van der Waals surface area (Å²) < 4.78 is 23.6. The molecule has 0 aromatic heterocycles. The van der Waals surface area contributed by atoms with E-state index in [4.69, 9.17) is 23.2 Å². The molecule has 0 aliphatic heterocycles. The van der Waals surface area contributed by atoms with Crippen LogP contribution >= 0.6 is 23.2 Å². The predicted molar refractivity (Wildman–Crippen MR) is 78.9 cm³/mol. The van der Waals surface area contributed by atoms with Crippen molar-refractivity contribution in [1.82, 2.24) is 0 Å². The fourth-order valence-corrected chi connectivity index (χ4v) is 3.40. The van der Waals surface area contributed by atoms with Crippen LogP contribution in [0, 0.1) is 5.92 Å². The Balaban J connectivity index is 2.82. The SMILES string of the molecule is CC(C)CCS(=O)(=O)CC(=O)c1cc(Cl)ccc1Cl. The molecular formula is C13H16Cl2O3S. The summed E-state index contributed by atoms with van der Waals surface area (Å²) in [5.74, 6) is -0.759. The molecule has 0 heterocycles. The van der Waals surface area contributed by atoms with Crippen molar-refractivity contribution in [3.8, 4) is 0 Å². The van der Waals surface area contributed by atoms with Crippen LogP contribution in [0.1, 0.15) is 30.6 Å². The molecule has 1 aromatic rings. The zero-order valence-electron chi connectivity index (χ0n) is 10.8. The smallest absolute Gasteiger partial charge is 0.179 e. The maximum absolute atomic E-state index is 12.0. The summed E-state index contributed by atoms with van der Waals surface area (Å²) in [5, 5.41) is 0.570. The van der Waals surface area contributed by atoms with Crippen molar-refractivity contribution in [1.29, 1.82) is 0 Å². The molecule has 0 radical (unpaired) electrons. The molecule has 0 unspecified atom stereocenters. The molecule has 0 fully saturated rings. The first-order valence-electron chi connectivity index (χ1n) is 5.90. The molecule has 6 heteroatoms. The summed E-state index contributed by atoms with van der Waals surface area (Å²) in [6.45, 7) is 3.87. The van der Waals surface area contributed by atoms with Gasteiger partial charge in [-0.2, -0.15) is 0 Å². The summed E-state index contributed by atoms with van der Waals surface area (Å²) >= 11 is 11.6. The third kappa shape index (κ3) is 5.51. The number of carbonyl (C=O) groups excluding carboxylic acids is 1. The van der Waals surface area contributed by atoms with Gasteiger partial charge in [0, 0.05) is 10.6 Å². The minimum atomic E-state index is -3.40. The fraction of sp³-hybridized carbons (Fsp3) is 0.462. The molecule has 1 aromatic carbocycles. The van der Waals surface area contributed by atoms with Crippen molar-refractivity contribution in [2.24, 2.45) is 5.92 Å². The van der Waals surface area contributed by atoms with Gasteiger partial charge in [0.2, 0.25) is 0 Å². The van der Waals surface area contributed by atoms with Crippen molar-refractivity contribution in [2.75, 3.05) is 11.5 Å². The highest BCUT2D eigenvalue weighted by Crippen LogP contribution is 2.21. The first-order chi connectivity index (χ1) is 8.71. The van der Waals surface area contributed by atoms with Crippen LogP contribution in [0.2, 0.25) is 10.0 Å². The largest absolute Gasteiger partial charge is 0.293 e. The highest BCUT2D eigenvalue weighted by molar-refractivity contribution is 7.92. The summed E-state index contributed by atoms with van der Waals surface area (Å²) in [5.41, 5.74) is 0.155. The topological polar surface area (TPSA) is 51.2 Å². The van der Waals surface area contributed by atoms with Crippen molar-refractivity contribution in [2.45, 2.75) is 20.3 Å². The Morgan fingerprint density at radius 1 is 1.26 bits per heavy atom. The summed E-state index contributed by atoms with van der Waals surface area (Å²) in [6, 6.07) is 4.43. The van der Waals surface area contributed by atoms with E-state index in [0.29, 0.717) is 11.4 Å². The first kappa shape index (κ1) is 16.5. The Hall–Kier alpha value is -0.580. The highest BCUT2D eigenvalue weighted by atomic mass is 35.5. The second-order valence-corrected chi connectivity index (χ2v) is 7.85. The number of carbonyl (C=O) groups is 1. The van der Waals surface area contributed by atoms with E-state index in [1.807, 2.05) is 13.8 Å². The Kier molecular flexibility index (Phi) is 5.83. The van der Waals surface area contributed by atoms with E-state index >= 15 is 0 Å². The lowest BCUT2D eigenvalue weighted by atomic mass is 10.1. The van der Waals surface area contributed by atoms with Gasteiger partial charge in [0.25, 0.3) is 0 Å². The molecule has 0 spiro atoms. The summed E-state index contributed by atoms with van der Waals surface area (Å²) in [7, 11) is -3.40. The molecule has 0 saturated carbocycles. The van der Waals surface area contributed by atoms with E-state index in [1.54, 1.807) is 6.07 Å². The minimum absolute atomic E-state index is 0.00852. The summed E-state index contributed by atoms with van der Waals surface area (Å²) in [4.78, 5) is 12.0. The van der Waals surface area contributed by atoms with E-state index in [-0.39, 0.29) is 22.3 Å². The molecule has 1 rings (SSSR count). The van der Waals surface area contributed by atoms with E-state index in [9.17, 15) is 13.2 Å². The van der Waals surface area contributed by atoms with Crippen LogP contribution in [0.4, 0.5) is 0 Å². The molecule has 0 N–H and O–H groups in total. The van der Waals surface area contributed by atoms with Gasteiger partial charge >= 0.3 is 0 Å². The number of halogens is 2. The third-order valence-electron chi connectivity index (χ3n) is 2.59. The van der Waals surface area contributed by atoms with Crippen LogP contribution < -0.4 is 0 Å². The van der Waals surface area contributed by atoms with E-state index in [0.717, 1.165) is 0 Å². The van der Waals surface area contributed by atoms with E-state index in [2.05, 4.69) is 0 Å². The number of hydrogen-bond acceptors (Lipinski definition) is 3. The lowest BCUT2D eigenvalue weighted by Gasteiger charge is -2.07. The lowest BCUT2D eigenvalue weighted by molar-refractivity contribution is 0.102. The van der Waals surface area contributed by atoms with Gasteiger partial charge in [0.05, 0.1) is 10.8 Å². The molecule has 0 aliphatic rings. The Bertz CT molecular complexity index is 565. The van der Waals surface area contributed by atoms with Gasteiger partial charge in [-0.25, -0.2) is 8.42 Å². The maximum Gasteiger partial charge on any atom is 0.179 e. The monoisotopic (exact) mass is 322 g/mol. The van der Waals surface area contributed by atoms with Gasteiger partial charge in [-0.1, -0.05) is 37.0 Å². The Morgan fingerprint density at radius 3 is 2.47 bits per heavy atom. The van der Waals surface area contributed by atoms with Crippen molar-refractivity contribution < 1.29 is 13.2 Å². The van der Waals surface area contributed by atoms with Crippen LogP contribution in [-0.2, 0) is 9.84 Å². The zero-order valence-corrected chi connectivity index (χ0v) is 13.1. The van der Waals surface area contributed by atoms with E-state index in [1.165, 1.54) is 12.1 Å². The first-order valence-corrected chi connectivity index (χ1v) is 8.47. The minimum Gasteiger partial charge on any atom is -0.293 e. The molecule has 0 saturated heterocycles. The van der Waals surface area contributed by atoms with Crippen molar-refractivity contribution in [3.05, 3.63) is 33.8 Å². The van der Waals surface area contributed by atoms with Crippen LogP contribution in [0.15, 0.2) is 18.2 Å². The number of Topliss-reactive ketones (excluding diaryl/α,β-unsaturated/α-hetero) is 1. The van der Waals surface area contributed by atoms with Crippen LogP contribution in [0.3, 0.4) is 0 Å². The second-order valence-electron chi connectivity index (χ2n) is 4.82. The van der Waals surface area contributed by atoms with Gasteiger partial charge in [-0.3, -0.25) is 4.79 Å². The van der Waals surface area contributed by atoms with Gasteiger partial charge < -0.3 is 0 Å². The summed E-state index contributed by atoms with van der Waals surface area (Å²) in [6.07, 6.45) is 0.541. The highest BCUT2D eigenvalue weighted by Gasteiger charge is 2.20. The molecule has 0 bridgehead atoms. The molecule has 0 amide bonds. The van der Waals surface area contributed by atoms with Crippen LogP contribution in [0.25, 0.3) is 0 Å². The second kappa shape index (κ2) is 6.73. The number of rotatable bonds is 6. The number of hydrogen-bond donors (Lipinski definition) is 0. The average molecular weight is 323 g/mol. The van der Waals surface area contributed by atoms with Gasteiger partial charge in [-0.15, -0.1) is 0 Å². The Morgan fingerprint density at radius 2 is 1.89 bits per heavy atom. The third-order valence-corrected chi connectivity index (χ3v) is 4.71. The van der Waals surface area contributed by atoms with Crippen LogP contribution in [0.5, 0.6) is 0 Å². The number of sulfone groups is 1. The normalized spacial score (nSPS) is 11.8. The molecule has 19 heavy (non-hydrogen) atoms. The van der Waals surface area contributed by atoms with E-state index < -0.39 is 21.4 Å². The number of benzene rings is 1. The maximum atomic E-state index is 12.0. The molecule has 3 nitrogen and oxygen atoms in total. The Labute approximate surface area is 123 Å². The predicted octanol–water partition coefficient (Wildman–Crippen LogP) is 3.64. The number of ketones is 1. The molecule has 0 aliphatic carbocycles. The molecule has 0 atom stereocenters. The fourth-order valence-electron chi connectivity index (χ4n) is 1.48. The lowest BCUT2D eigenvalue weighted by Crippen LogP contribution is -2.20. The van der Waals surface area contributed by atoms with Gasteiger partial charge in [0.15, 0.2) is 15.6 Å². The molecular weight excluding hydrogens is 307 g/mol. The quantitative estimate of drug-likeness (QED) is 0.751. The van der Waals surface area contributed by atoms with Crippen LogP contribution in [-0.4, -0.2) is 25.7 Å². The molecule has 106 valence electrons. The van der Waals surface area contributed by atoms with Gasteiger partial charge in [0.1, 0.15) is 5.75 Å². The van der Waals surface area contributed by atoms with Gasteiger partial charge in [-0.05, 0) is 30.5 Å². The van der Waals surface area contributed by atoms with Crippen molar-refractivity contribution in [3.63, 3.8) is 0 Å². The average Bonchev–Trinajstić information content (AvgIpc) is 2.29.